The van der Waals surface area contributed by atoms with Gasteiger partial charge in [-0.25, -0.2) is 9.55 Å². The number of rotatable bonds is 10. The summed E-state index contributed by atoms with van der Waals surface area (Å²) >= 11 is 2.38. The number of carbonyl (C=O) groups excluding carboxylic acids is 4. The molecule has 2 aliphatic rings. The third kappa shape index (κ3) is 7.16. The van der Waals surface area contributed by atoms with Crippen LogP contribution >= 0.6 is 23.1 Å². The number of β-lactam (4-membered cyclic amide) rings is 1. The van der Waals surface area contributed by atoms with Gasteiger partial charge in [-0.2, -0.15) is 0 Å². The number of oxime groups is 1. The standard InChI is InChI=1S/C24H22N8O6S2.Na/c1-2-38-30-16(15-11-40-24(26)28-15)20(34)29-17-21(35)32-18(23(36)37)14(10-39-22(17)32)6-4-8-31-7-3-5-13(9-31)19(33)27-12-25;/h3-7,9,11,17,22H,2,8,10H2,1H3,(H2,26,28)(H,29,34)(H,36,37);/q;+1/p-1/b6-4+,30-16-;/t17-,22-;/m1./s1. The Labute approximate surface area is 263 Å². The van der Waals surface area contributed by atoms with Crippen LogP contribution in [-0.2, 0) is 25.8 Å². The van der Waals surface area contributed by atoms with Crippen molar-refractivity contribution < 1.29 is 63.2 Å². The third-order valence-corrected chi connectivity index (χ3v) is 7.61. The summed E-state index contributed by atoms with van der Waals surface area (Å²) in [5.41, 5.74) is 5.97. The Hall–Kier alpha value is -3.66. The van der Waals surface area contributed by atoms with E-state index in [2.05, 4.69) is 20.4 Å². The van der Waals surface area contributed by atoms with Gasteiger partial charge in [0.2, 0.25) is 0 Å². The molecule has 14 nitrogen and oxygen atoms in total. The Morgan fingerprint density at radius 1 is 1.44 bits per heavy atom. The van der Waals surface area contributed by atoms with Gasteiger partial charge in [0.15, 0.2) is 35.7 Å². The van der Waals surface area contributed by atoms with Crippen LogP contribution in [0.3, 0.4) is 0 Å². The third-order valence-electron chi connectivity index (χ3n) is 5.63. The monoisotopic (exact) mass is 604 g/mol. The Bertz CT molecular complexity index is 1520. The first kappa shape index (κ1) is 31.9. The predicted molar refractivity (Wildman–Crippen MR) is 143 cm³/mol. The molecule has 0 aliphatic carbocycles. The number of fused-ring (bicyclic) bond motifs is 1. The van der Waals surface area contributed by atoms with Gasteiger partial charge in [-0.3, -0.25) is 19.3 Å². The van der Waals surface area contributed by atoms with Gasteiger partial charge in [-0.05, 0) is 24.6 Å². The summed E-state index contributed by atoms with van der Waals surface area (Å²) in [6.45, 7) is 2.14. The fraction of sp³-hybridized carbons (Fsp3) is 0.250. The number of thiazole rings is 1. The number of aromatic nitrogens is 2. The molecule has 2 aromatic heterocycles. The molecule has 0 bridgehead atoms. The van der Waals surface area contributed by atoms with Crippen molar-refractivity contribution in [3.8, 4) is 0 Å². The van der Waals surface area contributed by atoms with E-state index < -0.39 is 35.1 Å². The zero-order valence-corrected chi connectivity index (χ0v) is 25.5. The van der Waals surface area contributed by atoms with Crippen molar-refractivity contribution in [2.45, 2.75) is 24.9 Å². The van der Waals surface area contributed by atoms with E-state index in [1.165, 1.54) is 35.4 Å². The number of carbonyl (C=O) groups is 4. The maximum absolute atomic E-state index is 13.0. The zero-order valence-electron chi connectivity index (χ0n) is 21.8. The van der Waals surface area contributed by atoms with Crippen LogP contribution in [0.25, 0.3) is 5.41 Å². The molecule has 3 amide bonds. The summed E-state index contributed by atoms with van der Waals surface area (Å²) in [6, 6.07) is 3.57. The molecule has 4 heterocycles. The van der Waals surface area contributed by atoms with Crippen molar-refractivity contribution in [3.05, 3.63) is 70.0 Å². The first-order valence-corrected chi connectivity index (χ1v) is 13.6. The van der Waals surface area contributed by atoms with Gasteiger partial charge in [0.25, 0.3) is 11.8 Å². The Kier molecular flexibility index (Phi) is 11.1. The zero-order chi connectivity index (χ0) is 28.8. The second kappa shape index (κ2) is 14.3. The minimum absolute atomic E-state index is 0. The van der Waals surface area contributed by atoms with Crippen molar-refractivity contribution in [1.29, 1.82) is 0 Å². The van der Waals surface area contributed by atoms with Gasteiger partial charge in [-0.1, -0.05) is 11.2 Å². The number of nitrogen functional groups attached to an aromatic ring is 1. The van der Waals surface area contributed by atoms with E-state index in [0.29, 0.717) is 5.57 Å². The first-order chi connectivity index (χ1) is 19.2. The van der Waals surface area contributed by atoms with E-state index in [0.717, 1.165) is 16.2 Å². The minimum Gasteiger partial charge on any atom is -0.543 e. The van der Waals surface area contributed by atoms with E-state index >= 15 is 0 Å². The number of amides is 3. The number of carboxylic acid groups (broad SMARTS) is 1. The number of nitrogens with one attached hydrogen (secondary N) is 1. The topological polar surface area (TPSA) is 206 Å². The number of pyridine rings is 1. The largest absolute Gasteiger partial charge is 1.00 e. The molecule has 1 fully saturated rings. The van der Waals surface area contributed by atoms with E-state index in [1.807, 2.05) is 0 Å². The number of carboxylic acids is 1. The average Bonchev–Trinajstić information content (AvgIpc) is 3.37. The molecule has 17 heteroatoms. The van der Waals surface area contributed by atoms with Crippen LogP contribution in [0.2, 0.25) is 0 Å². The van der Waals surface area contributed by atoms with E-state index in [-0.39, 0.29) is 76.3 Å². The summed E-state index contributed by atoms with van der Waals surface area (Å²) in [4.78, 5) is 63.1. The quantitative estimate of drug-likeness (QED) is 0.0899. The van der Waals surface area contributed by atoms with Crippen LogP contribution in [0, 0.1) is 0 Å². The van der Waals surface area contributed by atoms with Gasteiger partial charge >= 0.3 is 29.6 Å². The molecule has 0 aromatic carbocycles. The molecular weight excluding hydrogens is 583 g/mol. The van der Waals surface area contributed by atoms with Gasteiger partial charge < -0.3 is 36.2 Å². The van der Waals surface area contributed by atoms with Crippen LogP contribution in [0.4, 0.5) is 5.13 Å². The van der Waals surface area contributed by atoms with Gasteiger partial charge in [-0.15, -0.1) is 29.1 Å². The van der Waals surface area contributed by atoms with Crippen molar-refractivity contribution >= 4 is 63.6 Å². The summed E-state index contributed by atoms with van der Waals surface area (Å²) in [7, 11) is 0. The number of hydrogen-bond acceptors (Lipinski definition) is 11. The molecule has 3 N–H and O–H groups in total. The molecular formula is C24H21N8NaO6S2. The molecule has 0 radical (unpaired) electrons. The van der Waals surface area contributed by atoms with Crippen LogP contribution in [-0.4, -0.2) is 69.1 Å². The molecule has 0 spiro atoms. The van der Waals surface area contributed by atoms with Gasteiger partial charge in [0.05, 0.1) is 17.2 Å². The molecule has 2 aliphatic heterocycles. The Morgan fingerprint density at radius 3 is 2.88 bits per heavy atom. The van der Waals surface area contributed by atoms with Crippen molar-refractivity contribution in [2.75, 3.05) is 18.1 Å². The van der Waals surface area contributed by atoms with Crippen LogP contribution in [0.1, 0.15) is 23.0 Å². The maximum Gasteiger partial charge on any atom is 1.00 e. The number of allylic oxidation sites excluding steroid dienone is 2. The van der Waals surface area contributed by atoms with Crippen molar-refractivity contribution in [1.82, 2.24) is 15.2 Å². The molecule has 41 heavy (non-hydrogen) atoms. The number of hydrogen-bond donors (Lipinski definition) is 2. The van der Waals surface area contributed by atoms with E-state index in [4.69, 9.17) is 16.0 Å². The van der Waals surface area contributed by atoms with Gasteiger partial charge in [0.1, 0.15) is 23.7 Å². The van der Waals surface area contributed by atoms with Gasteiger partial charge in [0, 0.05) is 17.2 Å². The molecule has 0 saturated carbocycles. The number of aliphatic carboxylic acids is 1. The minimum atomic E-state index is -1.53. The first-order valence-electron chi connectivity index (χ1n) is 11.7. The SMILES string of the molecule is CCO/N=C(\C(=O)N[C@@H]1C(=O)N2C(C(=O)[O-])=C(/C=C/C[n+]3cccc(C(=O)N=C=[N-])c3)CS[C@H]12)c1csc(N)n1.[Na+]. The number of nitrogens with two attached hydrogens (primary N) is 1. The molecule has 1 saturated heterocycles. The summed E-state index contributed by atoms with van der Waals surface area (Å²) in [5.74, 6) is -3.32. The van der Waals surface area contributed by atoms with Crippen LogP contribution in [0.15, 0.2) is 63.5 Å². The fourth-order valence-electron chi connectivity index (χ4n) is 3.89. The average molecular weight is 605 g/mol. The molecule has 4 rings (SSSR count). The van der Waals surface area contributed by atoms with E-state index in [9.17, 15) is 24.3 Å². The Morgan fingerprint density at radius 2 is 2.22 bits per heavy atom. The number of thioether (sulfide) groups is 1. The van der Waals surface area contributed by atoms with Crippen LogP contribution < -0.4 is 50.3 Å². The normalized spacial score (nSPS) is 18.1. The number of nitrogens with zero attached hydrogens (tertiary/aromatic N) is 6. The predicted octanol–water partition coefficient (Wildman–Crippen LogP) is -3.70. The number of aliphatic imine (C=N–C) groups is 1. The van der Waals surface area contributed by atoms with Crippen molar-refractivity contribution in [2.24, 2.45) is 10.1 Å². The molecule has 206 valence electrons. The summed E-state index contributed by atoms with van der Waals surface area (Å²) in [6.07, 6.45) is 6.41. The van der Waals surface area contributed by atoms with Crippen LogP contribution in [0.5, 0.6) is 0 Å². The summed E-state index contributed by atoms with van der Waals surface area (Å²) < 4.78 is 1.65. The Balaban J connectivity index is 0.00000462. The molecule has 2 aromatic rings. The smallest absolute Gasteiger partial charge is 0.543 e. The second-order valence-electron chi connectivity index (χ2n) is 8.16. The molecule has 0 unspecified atom stereocenters. The number of anilines is 1. The fourth-order valence-corrected chi connectivity index (χ4v) is 5.75. The van der Waals surface area contributed by atoms with E-state index in [1.54, 1.807) is 35.9 Å². The summed E-state index contributed by atoms with van der Waals surface area (Å²) in [5, 5.41) is 28.1. The second-order valence-corrected chi connectivity index (χ2v) is 10.2. The maximum atomic E-state index is 13.0. The van der Waals surface area contributed by atoms with Crippen molar-refractivity contribution in [3.63, 3.8) is 0 Å². The molecule has 2 atom stereocenters.